The number of pyridine rings is 1. The zero-order valence-electron chi connectivity index (χ0n) is 33.2. The molecule has 5 heterocycles. The number of aldehydes is 1. The molecule has 1 spiro atoms. The van der Waals surface area contributed by atoms with Crippen LogP contribution in [0, 0.1) is 17.2 Å². The molecule has 0 radical (unpaired) electrons. The van der Waals surface area contributed by atoms with Crippen LogP contribution in [0.4, 0.5) is 32.1 Å². The summed E-state index contributed by atoms with van der Waals surface area (Å²) in [6, 6.07) is 14.5. The number of likely N-dealkylation sites (tertiary alicyclic amines) is 1. The monoisotopic (exact) mass is 820 g/mol. The van der Waals surface area contributed by atoms with E-state index >= 15 is 0 Å². The molecule has 8 rings (SSSR count). The summed E-state index contributed by atoms with van der Waals surface area (Å²) in [6.07, 6.45) is 9.87. The quantitative estimate of drug-likeness (QED) is 0.130. The normalized spacial score (nSPS) is 15.8. The number of nitrogens with zero attached hydrogens (tertiary/aromatic N) is 7. The van der Waals surface area contributed by atoms with Crippen LogP contribution < -0.4 is 25.8 Å². The number of aromatic nitrogens is 4. The molecule has 14 nitrogen and oxygen atoms in total. The Hall–Kier alpha value is -6.09. The molecular weight excluding hydrogens is 775 g/mol. The summed E-state index contributed by atoms with van der Waals surface area (Å²) in [4.78, 5) is 64.2. The van der Waals surface area contributed by atoms with E-state index in [4.69, 9.17) is 21.7 Å². The van der Waals surface area contributed by atoms with Gasteiger partial charge in [0, 0.05) is 82.8 Å². The Kier molecular flexibility index (Phi) is 11.0. The molecule has 2 aromatic carbocycles. The molecule has 16 heteroatoms. The molecule has 4 amide bonds. The summed E-state index contributed by atoms with van der Waals surface area (Å²) in [5.41, 5.74) is 7.51. The predicted octanol–water partition coefficient (Wildman–Crippen LogP) is 6.29. The first-order valence-electron chi connectivity index (χ1n) is 19.9. The average Bonchev–Trinajstić information content (AvgIpc) is 3.89. The predicted molar refractivity (Wildman–Crippen MR) is 224 cm³/mol. The summed E-state index contributed by atoms with van der Waals surface area (Å²) in [5, 5.41) is 12.9. The molecule has 59 heavy (non-hydrogen) atoms. The van der Waals surface area contributed by atoms with E-state index in [0.717, 1.165) is 73.8 Å². The van der Waals surface area contributed by atoms with Gasteiger partial charge in [-0.1, -0.05) is 29.8 Å². The van der Waals surface area contributed by atoms with Gasteiger partial charge < -0.3 is 30.5 Å². The lowest BCUT2D eigenvalue weighted by Crippen LogP contribution is -2.49. The molecule has 3 aromatic heterocycles. The first-order valence-corrected chi connectivity index (χ1v) is 20.3. The van der Waals surface area contributed by atoms with Crippen molar-refractivity contribution in [1.29, 1.82) is 0 Å². The van der Waals surface area contributed by atoms with Crippen LogP contribution in [-0.2, 0) is 17.6 Å². The van der Waals surface area contributed by atoms with E-state index in [0.29, 0.717) is 42.5 Å². The zero-order valence-corrected chi connectivity index (χ0v) is 34.0. The molecule has 3 N–H and O–H groups in total. The zero-order chi connectivity index (χ0) is 41.4. The van der Waals surface area contributed by atoms with Crippen molar-refractivity contribution in [2.24, 2.45) is 11.3 Å². The van der Waals surface area contributed by atoms with E-state index in [1.165, 1.54) is 35.3 Å². The number of amides is 4. The fourth-order valence-electron chi connectivity index (χ4n) is 9.13. The van der Waals surface area contributed by atoms with E-state index < -0.39 is 11.8 Å². The van der Waals surface area contributed by atoms with Crippen LogP contribution in [0.3, 0.4) is 0 Å². The van der Waals surface area contributed by atoms with Crippen LogP contribution >= 0.6 is 11.6 Å². The average molecular weight is 821 g/mol. The Balaban J connectivity index is 0.894. The number of rotatable bonds is 11. The number of hydrogen-bond acceptors (Lipinski definition) is 9. The van der Waals surface area contributed by atoms with Gasteiger partial charge in [0.1, 0.15) is 17.1 Å². The Morgan fingerprint density at radius 3 is 2.49 bits per heavy atom. The highest BCUT2D eigenvalue weighted by atomic mass is 35.5. The number of hydrogen-bond donors (Lipinski definition) is 3. The minimum Gasteiger partial charge on any atom is -0.385 e. The lowest BCUT2D eigenvalue weighted by molar-refractivity contribution is -0.107. The van der Waals surface area contributed by atoms with Crippen LogP contribution in [0.2, 0.25) is 5.02 Å². The van der Waals surface area contributed by atoms with E-state index in [1.807, 2.05) is 25.4 Å². The second-order valence-corrected chi connectivity index (χ2v) is 16.0. The molecule has 0 atom stereocenters. The molecule has 5 aromatic rings. The minimum absolute atomic E-state index is 0.00580. The summed E-state index contributed by atoms with van der Waals surface area (Å²) in [5.74, 6) is -0.132. The van der Waals surface area contributed by atoms with Gasteiger partial charge in [0.25, 0.3) is 11.8 Å². The lowest BCUT2D eigenvalue weighted by Gasteiger charge is -2.52. The molecule has 1 saturated heterocycles. The largest absolute Gasteiger partial charge is 0.385 e. The van der Waals surface area contributed by atoms with E-state index in [1.54, 1.807) is 16.5 Å². The van der Waals surface area contributed by atoms with Crippen molar-refractivity contribution < 1.29 is 23.6 Å². The maximum Gasteiger partial charge on any atom is 0.321 e. The Morgan fingerprint density at radius 1 is 1.00 bits per heavy atom. The SMILES string of the molecule is CNC(=O)c1cnc2c(NC)cc(N3CCc4c(-c5ccc(CC6CC7(CCN(C(=O)c8cc(F)c(Cl)c(N(CCC=O)C(=O)NC)c8)CC7)C6)cn5)cccc43)nn12. The van der Waals surface area contributed by atoms with Gasteiger partial charge in [0.05, 0.1) is 23.3 Å². The maximum absolute atomic E-state index is 15.0. The number of benzene rings is 2. The number of piperidine rings is 1. The van der Waals surface area contributed by atoms with Crippen molar-refractivity contribution >= 4 is 64.3 Å². The number of fused-ring (bicyclic) bond motifs is 2. The second kappa shape index (κ2) is 16.3. The van der Waals surface area contributed by atoms with Crippen molar-refractivity contribution in [2.45, 2.75) is 44.9 Å². The molecule has 1 aliphatic carbocycles. The number of anilines is 4. The maximum atomic E-state index is 15.0. The van der Waals surface area contributed by atoms with Gasteiger partial charge in [-0.2, -0.15) is 0 Å². The third kappa shape index (κ3) is 7.43. The number of imidazole rings is 1. The molecule has 0 unspecified atom stereocenters. The highest BCUT2D eigenvalue weighted by Gasteiger charge is 2.46. The summed E-state index contributed by atoms with van der Waals surface area (Å²) in [6.45, 7) is 1.85. The number of halogens is 2. The number of carbonyl (C=O) groups is 4. The summed E-state index contributed by atoms with van der Waals surface area (Å²) >= 11 is 6.25. The Bertz CT molecular complexity index is 2440. The van der Waals surface area contributed by atoms with Gasteiger partial charge in [-0.05, 0) is 85.3 Å². The lowest BCUT2D eigenvalue weighted by atomic mass is 9.56. The van der Waals surface area contributed by atoms with Gasteiger partial charge in [0.15, 0.2) is 17.2 Å². The fraction of sp³-hybridized carbons (Fsp3) is 0.372. The summed E-state index contributed by atoms with van der Waals surface area (Å²) < 4.78 is 16.6. The highest BCUT2D eigenvalue weighted by molar-refractivity contribution is 6.34. The smallest absolute Gasteiger partial charge is 0.321 e. The van der Waals surface area contributed by atoms with Crippen molar-refractivity contribution in [2.75, 3.05) is 62.4 Å². The van der Waals surface area contributed by atoms with Gasteiger partial charge in [-0.25, -0.2) is 18.7 Å². The van der Waals surface area contributed by atoms with Gasteiger partial charge in [-0.3, -0.25) is 19.5 Å². The molecule has 3 aliphatic rings. The standard InChI is InChI=1S/C43H46ClFN10O4/c1-46-33-21-37(51-55-36(40(57)47-2)25-50-39(33)55)53-14-10-30-29(6-4-7-34(30)53)32-9-8-26(24-49-32)18-27-22-43(23-27)11-15-52(16-12-43)41(58)28-19-31(45)38(44)35(20-28)54(13-5-17-56)42(59)48-3/h4,6-9,17,19-21,24-25,27,46H,5,10-16,18,22-23H2,1-3H3,(H,47,57)(H,48,59). The topological polar surface area (TPSA) is 157 Å². The Morgan fingerprint density at radius 2 is 1.80 bits per heavy atom. The number of carbonyl (C=O) groups excluding carboxylic acids is 4. The second-order valence-electron chi connectivity index (χ2n) is 15.6. The van der Waals surface area contributed by atoms with Crippen molar-refractivity contribution in [3.05, 3.63) is 94.1 Å². The van der Waals surface area contributed by atoms with Gasteiger partial charge in [-0.15, -0.1) is 5.10 Å². The van der Waals surface area contributed by atoms with Gasteiger partial charge in [0.2, 0.25) is 0 Å². The van der Waals surface area contributed by atoms with E-state index in [2.05, 4.69) is 50.1 Å². The molecular formula is C43H46ClFN10O4. The molecule has 0 bridgehead atoms. The fourth-order valence-corrected chi connectivity index (χ4v) is 9.34. The van der Waals surface area contributed by atoms with E-state index in [9.17, 15) is 23.6 Å². The third-order valence-corrected chi connectivity index (χ3v) is 12.5. The van der Waals surface area contributed by atoms with Crippen LogP contribution in [0.5, 0.6) is 0 Å². The van der Waals surface area contributed by atoms with Crippen LogP contribution in [0.25, 0.3) is 16.9 Å². The molecule has 306 valence electrons. The number of nitrogens with one attached hydrogen (secondary N) is 3. The first-order chi connectivity index (χ1) is 28.6. The third-order valence-electron chi connectivity index (χ3n) is 12.1. The Labute approximate surface area is 346 Å². The van der Waals surface area contributed by atoms with Gasteiger partial charge >= 0.3 is 6.03 Å². The minimum atomic E-state index is -0.801. The van der Waals surface area contributed by atoms with Crippen LogP contribution in [0.1, 0.15) is 64.1 Å². The van der Waals surface area contributed by atoms with Crippen LogP contribution in [0.15, 0.2) is 60.9 Å². The summed E-state index contributed by atoms with van der Waals surface area (Å²) in [7, 11) is 4.84. The van der Waals surface area contributed by atoms with Crippen molar-refractivity contribution in [3.8, 4) is 11.3 Å². The molecule has 2 fully saturated rings. The molecule has 1 saturated carbocycles. The first kappa shape index (κ1) is 39.7. The van der Waals surface area contributed by atoms with E-state index in [-0.39, 0.29) is 46.5 Å². The van der Waals surface area contributed by atoms with Crippen molar-refractivity contribution in [1.82, 2.24) is 35.1 Å². The van der Waals surface area contributed by atoms with Crippen molar-refractivity contribution in [3.63, 3.8) is 0 Å². The molecule has 2 aliphatic heterocycles. The highest BCUT2D eigenvalue weighted by Crippen LogP contribution is 2.53. The van der Waals surface area contributed by atoms with Crippen LogP contribution in [-0.4, -0.2) is 95.9 Å². The number of urea groups is 1.